The van der Waals surface area contributed by atoms with E-state index in [0.717, 1.165) is 10.9 Å². The summed E-state index contributed by atoms with van der Waals surface area (Å²) in [6.07, 6.45) is 1.21. The number of rotatable bonds is 9. The van der Waals surface area contributed by atoms with Gasteiger partial charge in [0.25, 0.3) is 5.91 Å². The molecule has 1 amide bonds. The predicted molar refractivity (Wildman–Crippen MR) is 127 cm³/mol. The van der Waals surface area contributed by atoms with Gasteiger partial charge in [0.1, 0.15) is 0 Å². The summed E-state index contributed by atoms with van der Waals surface area (Å²) in [5, 5.41) is 3.06. The first-order valence-electron chi connectivity index (χ1n) is 10.1. The van der Waals surface area contributed by atoms with E-state index in [1.54, 1.807) is 0 Å². The number of halogens is 1. The highest BCUT2D eigenvalue weighted by Crippen LogP contribution is 2.41. The lowest BCUT2D eigenvalue weighted by Gasteiger charge is -2.20. The third-order valence-electron chi connectivity index (χ3n) is 4.76. The smallest absolute Gasteiger partial charge is 0.307 e. The van der Waals surface area contributed by atoms with Gasteiger partial charge in [-0.1, -0.05) is 41.9 Å². The molecule has 162 valence electrons. The second-order valence-corrected chi connectivity index (χ2v) is 9.88. The topological polar surface area (TPSA) is 55.4 Å². The van der Waals surface area contributed by atoms with Gasteiger partial charge in [0.05, 0.1) is 13.5 Å². The van der Waals surface area contributed by atoms with E-state index < -0.39 is 0 Å². The number of hydrogen-bond acceptors (Lipinski definition) is 4. The molecule has 0 radical (unpaired) electrons. The number of amides is 1. The molecule has 2 rings (SSSR count). The summed E-state index contributed by atoms with van der Waals surface area (Å²) in [4.78, 5) is 24.7. The van der Waals surface area contributed by atoms with Crippen LogP contribution in [0.4, 0.5) is 0 Å². The normalized spacial score (nSPS) is 12.0. The van der Waals surface area contributed by atoms with Crippen molar-refractivity contribution in [3.63, 3.8) is 0 Å². The van der Waals surface area contributed by atoms with Crippen LogP contribution in [-0.2, 0) is 9.53 Å². The molecule has 1 N–H and O–H groups in total. The first-order chi connectivity index (χ1) is 14.2. The van der Waals surface area contributed by atoms with Crippen LogP contribution in [0.3, 0.4) is 0 Å². The summed E-state index contributed by atoms with van der Waals surface area (Å²) in [6.45, 7) is 8.96. The van der Waals surface area contributed by atoms with Crippen LogP contribution in [0.2, 0.25) is 0 Å². The molecule has 0 aliphatic heterocycles. The highest BCUT2D eigenvalue weighted by molar-refractivity contribution is 9.10. The average Bonchev–Trinajstić information content (AvgIpc) is 2.71. The standard InChI is InChI=1S/C24H30BrNO3S/c1-15(2)12-21(30-20-13-16(3)23(25)17(4)14-20)18-6-8-19(9-7-18)24(28)26-11-10-22(27)29-5/h6-9,13-15,21H,10-12H2,1-5H3,(H,26,28). The van der Waals surface area contributed by atoms with Crippen molar-refractivity contribution in [2.75, 3.05) is 13.7 Å². The molecular formula is C24H30BrNO3S. The highest BCUT2D eigenvalue weighted by atomic mass is 79.9. The molecule has 0 fully saturated rings. The molecule has 0 bridgehead atoms. The molecule has 0 saturated heterocycles. The fourth-order valence-corrected chi connectivity index (χ4v) is 4.97. The Bertz CT molecular complexity index is 858. The maximum Gasteiger partial charge on any atom is 0.307 e. The fourth-order valence-electron chi connectivity index (χ4n) is 3.15. The molecule has 6 heteroatoms. The number of benzene rings is 2. The van der Waals surface area contributed by atoms with E-state index in [4.69, 9.17) is 0 Å². The van der Waals surface area contributed by atoms with Gasteiger partial charge in [-0.05, 0) is 67.1 Å². The average molecular weight is 492 g/mol. The van der Waals surface area contributed by atoms with Gasteiger partial charge in [-0.15, -0.1) is 11.8 Å². The van der Waals surface area contributed by atoms with Crippen molar-refractivity contribution in [3.8, 4) is 0 Å². The van der Waals surface area contributed by atoms with Gasteiger partial charge in [0, 0.05) is 26.7 Å². The summed E-state index contributed by atoms with van der Waals surface area (Å²) in [7, 11) is 1.34. The molecule has 0 aliphatic carbocycles. The minimum atomic E-state index is -0.336. The Hall–Kier alpha value is -1.79. The molecule has 2 aromatic carbocycles. The second kappa shape index (κ2) is 11.6. The quantitative estimate of drug-likeness (QED) is 0.333. The van der Waals surface area contributed by atoms with Crippen molar-refractivity contribution in [1.29, 1.82) is 0 Å². The van der Waals surface area contributed by atoms with E-state index in [1.807, 2.05) is 36.0 Å². The number of aryl methyl sites for hydroxylation is 2. The lowest BCUT2D eigenvalue weighted by Crippen LogP contribution is -2.26. The van der Waals surface area contributed by atoms with E-state index in [2.05, 4.69) is 65.8 Å². The molecule has 0 saturated carbocycles. The zero-order valence-corrected chi connectivity index (χ0v) is 20.7. The number of nitrogens with one attached hydrogen (secondary N) is 1. The van der Waals surface area contributed by atoms with Gasteiger partial charge in [-0.25, -0.2) is 0 Å². The molecule has 0 spiro atoms. The van der Waals surface area contributed by atoms with Crippen LogP contribution in [0.25, 0.3) is 0 Å². The Morgan fingerprint density at radius 1 is 1.10 bits per heavy atom. The number of ether oxygens (including phenoxy) is 1. The molecule has 2 aromatic rings. The van der Waals surface area contributed by atoms with Crippen LogP contribution < -0.4 is 5.32 Å². The monoisotopic (exact) mass is 491 g/mol. The maximum atomic E-state index is 12.3. The van der Waals surface area contributed by atoms with Gasteiger partial charge in [-0.2, -0.15) is 0 Å². The largest absolute Gasteiger partial charge is 0.469 e. The van der Waals surface area contributed by atoms with Gasteiger partial charge in [-0.3, -0.25) is 9.59 Å². The summed E-state index contributed by atoms with van der Waals surface area (Å²) in [5.41, 5.74) is 4.27. The van der Waals surface area contributed by atoms with Gasteiger partial charge in [0.15, 0.2) is 0 Å². The van der Waals surface area contributed by atoms with E-state index in [0.29, 0.717) is 16.7 Å². The molecule has 0 aromatic heterocycles. The number of carbonyl (C=O) groups is 2. The van der Waals surface area contributed by atoms with Gasteiger partial charge < -0.3 is 10.1 Å². The van der Waals surface area contributed by atoms with Gasteiger partial charge in [0.2, 0.25) is 0 Å². The summed E-state index contributed by atoms with van der Waals surface area (Å²) in [6, 6.07) is 12.2. The van der Waals surface area contributed by atoms with Gasteiger partial charge >= 0.3 is 5.97 Å². The summed E-state index contributed by atoms with van der Waals surface area (Å²) < 4.78 is 5.75. The first kappa shape index (κ1) is 24.5. The number of methoxy groups -OCH3 is 1. The summed E-state index contributed by atoms with van der Waals surface area (Å²) in [5.74, 6) is 0.0386. The molecule has 1 unspecified atom stereocenters. The van der Waals surface area contributed by atoms with Crippen molar-refractivity contribution < 1.29 is 14.3 Å². The van der Waals surface area contributed by atoms with Crippen molar-refractivity contribution in [3.05, 3.63) is 63.1 Å². The number of hydrogen-bond donors (Lipinski definition) is 1. The number of carbonyl (C=O) groups excluding carboxylic acids is 2. The molecular weight excluding hydrogens is 462 g/mol. The lowest BCUT2D eigenvalue weighted by molar-refractivity contribution is -0.140. The number of esters is 1. The first-order valence-corrected chi connectivity index (χ1v) is 11.8. The zero-order chi connectivity index (χ0) is 22.3. The van der Waals surface area contributed by atoms with Crippen molar-refractivity contribution in [2.45, 2.75) is 50.7 Å². The molecule has 4 nitrogen and oxygen atoms in total. The van der Waals surface area contributed by atoms with E-state index in [9.17, 15) is 9.59 Å². The van der Waals surface area contributed by atoms with Crippen LogP contribution in [0.1, 0.15) is 59.0 Å². The number of thioether (sulfide) groups is 1. The second-order valence-electron chi connectivity index (χ2n) is 7.81. The van der Waals surface area contributed by atoms with Crippen molar-refractivity contribution >= 4 is 39.6 Å². The van der Waals surface area contributed by atoms with Crippen LogP contribution in [-0.4, -0.2) is 25.5 Å². The Morgan fingerprint density at radius 3 is 2.23 bits per heavy atom. The van der Waals surface area contributed by atoms with E-state index >= 15 is 0 Å². The minimum absolute atomic E-state index is 0.166. The third kappa shape index (κ3) is 7.17. The Morgan fingerprint density at radius 2 is 1.70 bits per heavy atom. The fraction of sp³-hybridized carbons (Fsp3) is 0.417. The Labute approximate surface area is 192 Å². The Kier molecular flexibility index (Phi) is 9.43. The third-order valence-corrected chi connectivity index (χ3v) is 7.27. The molecule has 30 heavy (non-hydrogen) atoms. The van der Waals surface area contributed by atoms with E-state index in [1.165, 1.54) is 28.7 Å². The maximum absolute atomic E-state index is 12.3. The van der Waals surface area contributed by atoms with Crippen LogP contribution in [0.15, 0.2) is 45.8 Å². The molecule has 0 aliphatic rings. The van der Waals surface area contributed by atoms with Crippen LogP contribution >= 0.6 is 27.7 Å². The zero-order valence-electron chi connectivity index (χ0n) is 18.3. The van der Waals surface area contributed by atoms with E-state index in [-0.39, 0.29) is 24.8 Å². The van der Waals surface area contributed by atoms with Crippen molar-refractivity contribution in [1.82, 2.24) is 5.32 Å². The highest BCUT2D eigenvalue weighted by Gasteiger charge is 2.17. The summed E-state index contributed by atoms with van der Waals surface area (Å²) >= 11 is 5.51. The minimum Gasteiger partial charge on any atom is -0.469 e. The SMILES string of the molecule is COC(=O)CCNC(=O)c1ccc(C(CC(C)C)Sc2cc(C)c(Br)c(C)c2)cc1. The van der Waals surface area contributed by atoms with Crippen LogP contribution in [0.5, 0.6) is 0 Å². The Balaban J connectivity index is 2.12. The predicted octanol–water partition coefficient (Wildman–Crippen LogP) is 6.24. The molecule has 0 heterocycles. The van der Waals surface area contributed by atoms with Crippen molar-refractivity contribution in [2.24, 2.45) is 5.92 Å². The molecule has 1 atom stereocenters. The lowest BCUT2D eigenvalue weighted by atomic mass is 10.0. The van der Waals surface area contributed by atoms with Crippen LogP contribution in [0, 0.1) is 19.8 Å².